The van der Waals surface area contributed by atoms with E-state index in [9.17, 15) is 14.7 Å². The van der Waals surface area contributed by atoms with Crippen molar-refractivity contribution in [1.82, 2.24) is 14.7 Å². The van der Waals surface area contributed by atoms with E-state index in [2.05, 4.69) is 29.4 Å². The highest BCUT2D eigenvalue weighted by Gasteiger charge is 2.44. The van der Waals surface area contributed by atoms with Gasteiger partial charge in [0.05, 0.1) is 6.20 Å². The Kier molecular flexibility index (Phi) is 4.96. The van der Waals surface area contributed by atoms with Gasteiger partial charge in [-0.1, -0.05) is 48.5 Å². The number of hydrogen-bond acceptors (Lipinski definition) is 4. The Morgan fingerprint density at radius 3 is 2.22 bits per heavy atom. The summed E-state index contributed by atoms with van der Waals surface area (Å²) in [7, 11) is 1.76. The van der Waals surface area contributed by atoms with Crippen molar-refractivity contribution >= 4 is 12.1 Å². The van der Waals surface area contributed by atoms with Gasteiger partial charge < -0.3 is 9.84 Å². The molecule has 1 aromatic heterocycles. The Hall–Kier alpha value is -3.61. The second-order valence-corrected chi connectivity index (χ2v) is 8.49. The molecular formula is C25H25N3O4. The van der Waals surface area contributed by atoms with E-state index in [0.717, 1.165) is 40.8 Å². The lowest BCUT2D eigenvalue weighted by Crippen LogP contribution is -2.41. The van der Waals surface area contributed by atoms with E-state index < -0.39 is 18.1 Å². The number of aliphatic carboxylic acids is 1. The minimum Gasteiger partial charge on any atom is -0.479 e. The van der Waals surface area contributed by atoms with Crippen molar-refractivity contribution in [3.05, 3.63) is 77.1 Å². The van der Waals surface area contributed by atoms with Crippen molar-refractivity contribution in [3.8, 4) is 11.1 Å². The zero-order chi connectivity index (χ0) is 22.4. The Balaban J connectivity index is 1.41. The molecule has 164 valence electrons. The van der Waals surface area contributed by atoms with Gasteiger partial charge in [-0.15, -0.1) is 0 Å². The third-order valence-electron chi connectivity index (χ3n) is 6.57. The maximum Gasteiger partial charge on any atom is 0.411 e. The first kappa shape index (κ1) is 20.3. The maximum absolute atomic E-state index is 13.3. The number of nitrogens with zero attached hydrogens (tertiary/aromatic N) is 3. The quantitative estimate of drug-likeness (QED) is 0.630. The van der Waals surface area contributed by atoms with Crippen LogP contribution < -0.4 is 0 Å². The van der Waals surface area contributed by atoms with Gasteiger partial charge in [-0.3, -0.25) is 9.58 Å². The van der Waals surface area contributed by atoms with Crippen molar-refractivity contribution in [1.29, 1.82) is 0 Å². The summed E-state index contributed by atoms with van der Waals surface area (Å²) in [4.78, 5) is 26.9. The maximum atomic E-state index is 13.3. The number of carboxylic acid groups (broad SMARTS) is 1. The van der Waals surface area contributed by atoms with Gasteiger partial charge in [0.15, 0.2) is 6.04 Å². The molecule has 0 aliphatic heterocycles. The molecule has 1 heterocycles. The Labute approximate surface area is 186 Å². The number of carbonyl (C=O) groups excluding carboxylic acids is 1. The van der Waals surface area contributed by atoms with Crippen LogP contribution in [0.15, 0.2) is 54.7 Å². The van der Waals surface area contributed by atoms with Crippen LogP contribution in [0.1, 0.15) is 47.2 Å². The number of ether oxygens (including phenoxy) is 1. The number of carboxylic acids is 1. The molecule has 1 unspecified atom stereocenters. The van der Waals surface area contributed by atoms with Gasteiger partial charge in [-0.2, -0.15) is 5.10 Å². The lowest BCUT2D eigenvalue weighted by atomic mass is 9.98. The molecular weight excluding hydrogens is 406 g/mol. The number of carbonyl (C=O) groups is 2. The normalized spacial score (nSPS) is 15.7. The van der Waals surface area contributed by atoms with Crippen molar-refractivity contribution in [2.45, 2.75) is 37.8 Å². The molecule has 2 aliphatic rings. The van der Waals surface area contributed by atoms with Crippen LogP contribution in [0.25, 0.3) is 11.1 Å². The van der Waals surface area contributed by atoms with Crippen LogP contribution in [0.3, 0.4) is 0 Å². The lowest BCUT2D eigenvalue weighted by Gasteiger charge is -2.29. The number of rotatable bonds is 6. The fraction of sp³-hybridized carbons (Fsp3) is 0.320. The molecule has 1 N–H and O–H groups in total. The lowest BCUT2D eigenvalue weighted by molar-refractivity contribution is -0.143. The molecule has 32 heavy (non-hydrogen) atoms. The topological polar surface area (TPSA) is 84.7 Å². The molecule has 5 rings (SSSR count). The highest BCUT2D eigenvalue weighted by atomic mass is 16.6. The second-order valence-electron chi connectivity index (χ2n) is 8.49. The average Bonchev–Trinajstić information content (AvgIpc) is 3.51. The first-order valence-electron chi connectivity index (χ1n) is 10.8. The summed E-state index contributed by atoms with van der Waals surface area (Å²) in [5, 5.41) is 14.2. The van der Waals surface area contributed by atoms with Gasteiger partial charge in [-0.05, 0) is 42.0 Å². The van der Waals surface area contributed by atoms with Crippen molar-refractivity contribution in [3.63, 3.8) is 0 Å². The Morgan fingerprint density at radius 2 is 1.72 bits per heavy atom. The summed E-state index contributed by atoms with van der Waals surface area (Å²) in [6.45, 7) is 1.97. The molecule has 7 heteroatoms. The van der Waals surface area contributed by atoms with Gasteiger partial charge in [0.1, 0.15) is 6.61 Å². The van der Waals surface area contributed by atoms with Gasteiger partial charge in [0.2, 0.25) is 0 Å². The summed E-state index contributed by atoms with van der Waals surface area (Å²) in [6, 6.07) is 15.0. The van der Waals surface area contributed by atoms with Crippen LogP contribution in [0.4, 0.5) is 4.79 Å². The molecule has 2 aliphatic carbocycles. The summed E-state index contributed by atoms with van der Waals surface area (Å²) in [5.74, 6) is -1.16. The molecule has 0 saturated heterocycles. The van der Waals surface area contributed by atoms with Crippen LogP contribution >= 0.6 is 0 Å². The molecule has 0 radical (unpaired) electrons. The number of hydrogen-bond donors (Lipinski definition) is 1. The molecule has 7 nitrogen and oxygen atoms in total. The first-order valence-corrected chi connectivity index (χ1v) is 10.8. The third kappa shape index (κ3) is 3.34. The highest BCUT2D eigenvalue weighted by Crippen LogP contribution is 2.45. The number of benzene rings is 2. The number of aromatic nitrogens is 2. The predicted octanol–water partition coefficient (Wildman–Crippen LogP) is 4.27. The Morgan fingerprint density at radius 1 is 1.12 bits per heavy atom. The van der Waals surface area contributed by atoms with E-state index in [1.165, 1.54) is 11.1 Å². The standard InChI is InChI=1S/C25H25N3O4/c1-15-21(13-26-27(15)2)23(24(29)30)28(16-11-12-16)25(31)32-14-22-19-9-5-3-7-17(19)18-8-4-6-10-20(18)22/h3-10,13,16,22-23H,11-12,14H2,1-2H3,(H,29,30). The molecule has 1 atom stereocenters. The number of fused-ring (bicyclic) bond motifs is 3. The largest absolute Gasteiger partial charge is 0.479 e. The summed E-state index contributed by atoms with van der Waals surface area (Å²) < 4.78 is 7.42. The summed E-state index contributed by atoms with van der Waals surface area (Å²) >= 11 is 0. The van der Waals surface area contributed by atoms with Crippen LogP contribution in [-0.4, -0.2) is 44.5 Å². The summed E-state index contributed by atoms with van der Waals surface area (Å²) in [6.07, 6.45) is 2.48. The fourth-order valence-electron chi connectivity index (χ4n) is 4.67. The van der Waals surface area contributed by atoms with Crippen molar-refractivity contribution < 1.29 is 19.4 Å². The van der Waals surface area contributed by atoms with Gasteiger partial charge in [0.25, 0.3) is 0 Å². The molecule has 1 saturated carbocycles. The number of aryl methyl sites for hydroxylation is 1. The van der Waals surface area contributed by atoms with Crippen LogP contribution in [-0.2, 0) is 16.6 Å². The molecule has 2 aromatic carbocycles. The van der Waals surface area contributed by atoms with E-state index in [4.69, 9.17) is 4.74 Å². The average molecular weight is 431 g/mol. The van der Waals surface area contributed by atoms with Gasteiger partial charge in [-0.25, -0.2) is 9.59 Å². The van der Waals surface area contributed by atoms with Crippen molar-refractivity contribution in [2.24, 2.45) is 7.05 Å². The van der Waals surface area contributed by atoms with E-state index in [-0.39, 0.29) is 18.6 Å². The van der Waals surface area contributed by atoms with E-state index in [0.29, 0.717) is 5.56 Å². The van der Waals surface area contributed by atoms with Gasteiger partial charge in [0, 0.05) is 30.3 Å². The minimum atomic E-state index is -1.12. The summed E-state index contributed by atoms with van der Waals surface area (Å²) in [5.41, 5.74) is 5.78. The molecule has 3 aromatic rings. The molecule has 1 amide bonds. The van der Waals surface area contributed by atoms with E-state index >= 15 is 0 Å². The van der Waals surface area contributed by atoms with Crippen LogP contribution in [0.5, 0.6) is 0 Å². The fourth-order valence-corrected chi connectivity index (χ4v) is 4.67. The zero-order valence-corrected chi connectivity index (χ0v) is 18.1. The molecule has 1 fully saturated rings. The van der Waals surface area contributed by atoms with Gasteiger partial charge >= 0.3 is 12.1 Å². The second kappa shape index (κ2) is 7.82. The van der Waals surface area contributed by atoms with Crippen LogP contribution in [0, 0.1) is 6.92 Å². The first-order chi connectivity index (χ1) is 15.5. The SMILES string of the molecule is Cc1c(C(C(=O)O)N(C(=O)OCC2c3ccccc3-c3ccccc32)C2CC2)cnn1C. The smallest absolute Gasteiger partial charge is 0.411 e. The molecule has 0 spiro atoms. The monoisotopic (exact) mass is 431 g/mol. The van der Waals surface area contributed by atoms with Crippen molar-refractivity contribution in [2.75, 3.05) is 6.61 Å². The minimum absolute atomic E-state index is 0.0733. The van der Waals surface area contributed by atoms with E-state index in [1.54, 1.807) is 18.7 Å². The van der Waals surface area contributed by atoms with Crippen LogP contribution in [0.2, 0.25) is 0 Å². The third-order valence-corrected chi connectivity index (χ3v) is 6.57. The zero-order valence-electron chi connectivity index (χ0n) is 18.1. The number of amides is 1. The van der Waals surface area contributed by atoms with E-state index in [1.807, 2.05) is 24.3 Å². The highest BCUT2D eigenvalue weighted by molar-refractivity contribution is 5.83. The predicted molar refractivity (Wildman–Crippen MR) is 118 cm³/mol. The Bertz CT molecular complexity index is 1150. The molecule has 0 bridgehead atoms.